The highest BCUT2D eigenvalue weighted by molar-refractivity contribution is 7.92. The van der Waals surface area contributed by atoms with Gasteiger partial charge in [0.25, 0.3) is 10.0 Å². The summed E-state index contributed by atoms with van der Waals surface area (Å²) in [7, 11) is -4.21. The lowest BCUT2D eigenvalue weighted by molar-refractivity contribution is -0.140. The molecule has 9 heteroatoms. The van der Waals surface area contributed by atoms with Gasteiger partial charge in [-0.1, -0.05) is 115 Å². The van der Waals surface area contributed by atoms with Gasteiger partial charge in [-0.15, -0.1) is 0 Å². The van der Waals surface area contributed by atoms with Crippen molar-refractivity contribution in [3.05, 3.63) is 130 Å². The molecule has 0 radical (unpaired) electrons. The maximum absolute atomic E-state index is 14.7. The van der Waals surface area contributed by atoms with E-state index in [9.17, 15) is 18.0 Å². The Morgan fingerprint density at radius 3 is 2.06 bits per heavy atom. The molecule has 0 aliphatic heterocycles. The molecule has 4 aromatic rings. The van der Waals surface area contributed by atoms with E-state index in [0.717, 1.165) is 53.1 Å². The Bertz CT molecular complexity index is 1760. The van der Waals surface area contributed by atoms with E-state index in [4.69, 9.17) is 11.6 Å². The molecule has 2 amide bonds. The van der Waals surface area contributed by atoms with Gasteiger partial charge in [0.15, 0.2) is 0 Å². The Labute approximate surface area is 283 Å². The summed E-state index contributed by atoms with van der Waals surface area (Å²) >= 11 is 6.49. The van der Waals surface area contributed by atoms with Crippen molar-refractivity contribution < 1.29 is 18.0 Å². The first-order chi connectivity index (χ1) is 22.6. The van der Waals surface area contributed by atoms with Crippen LogP contribution in [0.4, 0.5) is 5.69 Å². The summed E-state index contributed by atoms with van der Waals surface area (Å²) in [6, 6.07) is 29.8. The summed E-state index contributed by atoms with van der Waals surface area (Å²) in [4.78, 5) is 30.5. The molecule has 246 valence electrons. The smallest absolute Gasteiger partial charge is 0.264 e. The van der Waals surface area contributed by atoms with Gasteiger partial charge in [-0.05, 0) is 67.6 Å². The fraction of sp³-hybridized carbons (Fsp3) is 0.316. The number of carbonyl (C=O) groups is 2. The lowest BCUT2D eigenvalue weighted by Crippen LogP contribution is -2.55. The molecule has 0 spiro atoms. The maximum Gasteiger partial charge on any atom is 0.264 e. The van der Waals surface area contributed by atoms with Crippen LogP contribution < -0.4 is 9.62 Å². The summed E-state index contributed by atoms with van der Waals surface area (Å²) in [5.74, 6) is -0.736. The number of sulfonamides is 1. The van der Waals surface area contributed by atoms with Crippen LogP contribution in [-0.4, -0.2) is 43.8 Å². The van der Waals surface area contributed by atoms with Gasteiger partial charge in [-0.3, -0.25) is 13.9 Å². The van der Waals surface area contributed by atoms with Gasteiger partial charge in [-0.2, -0.15) is 0 Å². The number of hydrogen-bond acceptors (Lipinski definition) is 4. The van der Waals surface area contributed by atoms with E-state index >= 15 is 0 Å². The van der Waals surface area contributed by atoms with E-state index in [2.05, 4.69) is 5.32 Å². The van der Waals surface area contributed by atoms with Crippen LogP contribution in [0.25, 0.3) is 0 Å². The molecular weight excluding hydrogens is 630 g/mol. The van der Waals surface area contributed by atoms with Crippen LogP contribution in [0.5, 0.6) is 0 Å². The zero-order valence-corrected chi connectivity index (χ0v) is 28.5. The fourth-order valence-corrected chi connectivity index (χ4v) is 7.74. The zero-order chi connectivity index (χ0) is 33.4. The molecule has 7 nitrogen and oxygen atoms in total. The monoisotopic (exact) mass is 671 g/mol. The van der Waals surface area contributed by atoms with Crippen molar-refractivity contribution in [2.75, 3.05) is 10.8 Å². The van der Waals surface area contributed by atoms with Gasteiger partial charge in [0.05, 0.1) is 10.6 Å². The van der Waals surface area contributed by atoms with Gasteiger partial charge >= 0.3 is 0 Å². The van der Waals surface area contributed by atoms with Crippen molar-refractivity contribution in [1.29, 1.82) is 0 Å². The summed E-state index contributed by atoms with van der Waals surface area (Å²) < 4.78 is 29.8. The average Bonchev–Trinajstić information content (AvgIpc) is 3.08. The highest BCUT2D eigenvalue weighted by atomic mass is 35.5. The van der Waals surface area contributed by atoms with Gasteiger partial charge in [0.1, 0.15) is 12.6 Å². The molecule has 0 saturated heterocycles. The normalized spacial score (nSPS) is 14.3. The van der Waals surface area contributed by atoms with E-state index in [-0.39, 0.29) is 29.8 Å². The van der Waals surface area contributed by atoms with Gasteiger partial charge < -0.3 is 10.2 Å². The molecule has 1 unspecified atom stereocenters. The lowest BCUT2D eigenvalue weighted by atomic mass is 9.94. The molecule has 0 heterocycles. The van der Waals surface area contributed by atoms with Crippen LogP contribution in [-0.2, 0) is 32.6 Å². The molecule has 1 N–H and O–H groups in total. The second kappa shape index (κ2) is 15.6. The molecule has 1 saturated carbocycles. The number of hydrogen-bond donors (Lipinski definition) is 1. The Hall–Kier alpha value is -4.14. The summed E-state index contributed by atoms with van der Waals surface area (Å²) in [5.41, 5.74) is 3.47. The van der Waals surface area contributed by atoms with Crippen LogP contribution >= 0.6 is 11.6 Å². The van der Waals surface area contributed by atoms with E-state index in [0.29, 0.717) is 16.3 Å². The fourth-order valence-electron chi connectivity index (χ4n) is 6.10. The lowest BCUT2D eigenvalue weighted by Gasteiger charge is -2.35. The molecule has 47 heavy (non-hydrogen) atoms. The molecule has 5 rings (SSSR count). The second-order valence-corrected chi connectivity index (χ2v) is 14.5. The molecular formula is C38H42ClN3O4S. The summed E-state index contributed by atoms with van der Waals surface area (Å²) in [6.07, 6.45) is 5.31. The van der Waals surface area contributed by atoms with Crippen molar-refractivity contribution in [3.63, 3.8) is 0 Å². The van der Waals surface area contributed by atoms with Crippen molar-refractivity contribution in [2.24, 2.45) is 0 Å². The first kappa shape index (κ1) is 34.2. The third kappa shape index (κ3) is 8.62. The topological polar surface area (TPSA) is 86.8 Å². The van der Waals surface area contributed by atoms with E-state index < -0.39 is 28.5 Å². The van der Waals surface area contributed by atoms with Crippen LogP contribution in [0, 0.1) is 13.8 Å². The first-order valence-corrected chi connectivity index (χ1v) is 18.0. The molecule has 1 aliphatic rings. The average molecular weight is 672 g/mol. The molecule has 4 aromatic carbocycles. The number of anilines is 1. The number of halogens is 1. The molecule has 0 aromatic heterocycles. The Kier molecular flexibility index (Phi) is 11.4. The van der Waals surface area contributed by atoms with Gasteiger partial charge in [0.2, 0.25) is 11.8 Å². The van der Waals surface area contributed by atoms with Crippen LogP contribution in [0.3, 0.4) is 0 Å². The predicted molar refractivity (Wildman–Crippen MR) is 188 cm³/mol. The number of aryl methyl sites for hydroxylation is 1. The van der Waals surface area contributed by atoms with Crippen LogP contribution in [0.1, 0.15) is 54.4 Å². The standard InChI is InChI=1S/C38H42ClN3O4S/c1-28-21-23-33(24-22-28)47(45,46)42(35-20-12-19-34(39)29(35)2)27-37(43)41(26-31-15-8-4-9-16-31)36(25-30-13-6-3-7-14-30)38(44)40-32-17-10-5-11-18-32/h3-4,6-9,12-16,19-24,32,36H,5,10-11,17-18,25-27H2,1-2H3,(H,40,44). The van der Waals surface area contributed by atoms with Crippen molar-refractivity contribution in [1.82, 2.24) is 10.2 Å². The number of benzene rings is 4. The number of carbonyl (C=O) groups excluding carboxylic acids is 2. The SMILES string of the molecule is Cc1ccc(S(=O)(=O)N(CC(=O)N(Cc2ccccc2)C(Cc2ccccc2)C(=O)NC2CCCCC2)c2cccc(Cl)c2C)cc1. The van der Waals surface area contributed by atoms with Crippen molar-refractivity contribution in [3.8, 4) is 0 Å². The van der Waals surface area contributed by atoms with Crippen molar-refractivity contribution in [2.45, 2.75) is 75.9 Å². The zero-order valence-electron chi connectivity index (χ0n) is 26.9. The van der Waals surface area contributed by atoms with Crippen LogP contribution in [0.15, 0.2) is 108 Å². The highest BCUT2D eigenvalue weighted by Crippen LogP contribution is 2.31. The second-order valence-electron chi connectivity index (χ2n) is 12.3. The molecule has 1 aliphatic carbocycles. The van der Waals surface area contributed by atoms with Gasteiger partial charge in [0, 0.05) is 24.0 Å². The first-order valence-electron chi connectivity index (χ1n) is 16.2. The minimum Gasteiger partial charge on any atom is -0.352 e. The van der Waals surface area contributed by atoms with Crippen LogP contribution in [0.2, 0.25) is 5.02 Å². The number of nitrogens with one attached hydrogen (secondary N) is 1. The maximum atomic E-state index is 14.7. The minimum absolute atomic E-state index is 0.0377. The predicted octanol–water partition coefficient (Wildman–Crippen LogP) is 7.24. The summed E-state index contributed by atoms with van der Waals surface area (Å²) in [5, 5.41) is 3.62. The molecule has 0 bridgehead atoms. The minimum atomic E-state index is -4.21. The van der Waals surface area contributed by atoms with Gasteiger partial charge in [-0.25, -0.2) is 8.42 Å². The Balaban J connectivity index is 1.57. The van der Waals surface area contributed by atoms with Crippen molar-refractivity contribution >= 4 is 39.1 Å². The quantitative estimate of drug-likeness (QED) is 0.172. The Morgan fingerprint density at radius 1 is 0.809 bits per heavy atom. The molecule has 1 atom stereocenters. The third-order valence-corrected chi connectivity index (χ3v) is 11.0. The third-order valence-electron chi connectivity index (χ3n) is 8.81. The van der Waals surface area contributed by atoms with E-state index in [1.54, 1.807) is 49.4 Å². The molecule has 1 fully saturated rings. The highest BCUT2D eigenvalue weighted by Gasteiger charge is 2.36. The Morgan fingerprint density at radius 2 is 1.43 bits per heavy atom. The number of nitrogens with zero attached hydrogens (tertiary/aromatic N) is 2. The van der Waals surface area contributed by atoms with E-state index in [1.165, 1.54) is 4.90 Å². The number of rotatable bonds is 12. The van der Waals surface area contributed by atoms with E-state index in [1.807, 2.05) is 67.6 Å². The largest absolute Gasteiger partial charge is 0.352 e. The number of amides is 2. The summed E-state index contributed by atoms with van der Waals surface area (Å²) in [6.45, 7) is 3.22.